The summed E-state index contributed by atoms with van der Waals surface area (Å²) in [5.41, 5.74) is 2.35. The van der Waals surface area contributed by atoms with E-state index in [0.29, 0.717) is 11.6 Å². The summed E-state index contributed by atoms with van der Waals surface area (Å²) in [6, 6.07) is 7.77. The van der Waals surface area contributed by atoms with Gasteiger partial charge in [0.05, 0.1) is 18.5 Å². The van der Waals surface area contributed by atoms with Gasteiger partial charge in [-0.3, -0.25) is 4.79 Å². The van der Waals surface area contributed by atoms with Gasteiger partial charge in [-0.1, -0.05) is 32.1 Å². The largest absolute Gasteiger partial charge is 0.497 e. The molecule has 2 bridgehead atoms. The summed E-state index contributed by atoms with van der Waals surface area (Å²) in [6.07, 6.45) is 3.49. The van der Waals surface area contributed by atoms with E-state index in [1.807, 2.05) is 31.2 Å². The maximum absolute atomic E-state index is 13.0. The van der Waals surface area contributed by atoms with Crippen LogP contribution in [0, 0.1) is 23.7 Å². The highest BCUT2D eigenvalue weighted by atomic mass is 16.5. The molecule has 1 aromatic heterocycles. The maximum atomic E-state index is 13.0. The molecule has 0 aliphatic heterocycles. The zero-order valence-corrected chi connectivity index (χ0v) is 16.7. The Bertz CT molecular complexity index is 888. The predicted molar refractivity (Wildman–Crippen MR) is 103 cm³/mol. The quantitative estimate of drug-likeness (QED) is 0.896. The lowest BCUT2D eigenvalue weighted by atomic mass is 9.69. The van der Waals surface area contributed by atoms with Crippen LogP contribution in [0.1, 0.15) is 56.2 Å². The molecule has 4 rings (SSSR count). The second-order valence-electron chi connectivity index (χ2n) is 8.77. The minimum atomic E-state index is -0.128. The van der Waals surface area contributed by atoms with E-state index >= 15 is 0 Å². The summed E-state index contributed by atoms with van der Waals surface area (Å²) in [6.45, 7) is 8.90. The highest BCUT2D eigenvalue weighted by molar-refractivity contribution is 5.93. The Morgan fingerprint density at radius 1 is 1.33 bits per heavy atom. The number of hydrogen-bond acceptors (Lipinski definition) is 4. The number of carbonyl (C=O) groups excluding carboxylic acids is 1. The highest BCUT2D eigenvalue weighted by Gasteiger charge is 2.61. The summed E-state index contributed by atoms with van der Waals surface area (Å²) < 4.78 is 6.96. The molecule has 2 aromatic rings. The Morgan fingerprint density at radius 3 is 2.74 bits per heavy atom. The van der Waals surface area contributed by atoms with Crippen molar-refractivity contribution in [2.75, 3.05) is 7.11 Å². The normalized spacial score (nSPS) is 28.3. The number of amides is 1. The molecule has 27 heavy (non-hydrogen) atoms. The Kier molecular flexibility index (Phi) is 4.05. The number of nitrogens with one attached hydrogen (secondary N) is 1. The lowest BCUT2D eigenvalue weighted by Crippen LogP contribution is -2.47. The molecule has 2 saturated carbocycles. The molecular formula is C21H28N4O2. The zero-order valence-electron chi connectivity index (χ0n) is 16.7. The van der Waals surface area contributed by atoms with Crippen molar-refractivity contribution in [3.63, 3.8) is 0 Å². The minimum absolute atomic E-state index is 0.128. The van der Waals surface area contributed by atoms with Crippen LogP contribution in [0.3, 0.4) is 0 Å². The van der Waals surface area contributed by atoms with Gasteiger partial charge in [0.1, 0.15) is 5.75 Å². The van der Waals surface area contributed by atoms with Crippen molar-refractivity contribution >= 4 is 5.91 Å². The summed E-state index contributed by atoms with van der Waals surface area (Å²) in [5.74, 6) is 1.29. The molecule has 6 heteroatoms. The molecule has 1 aromatic carbocycles. The van der Waals surface area contributed by atoms with Crippen LogP contribution in [-0.4, -0.2) is 34.1 Å². The number of rotatable bonds is 4. The molecular weight excluding hydrogens is 340 g/mol. The highest BCUT2D eigenvalue weighted by Crippen LogP contribution is 2.65. The Labute approximate surface area is 160 Å². The Morgan fingerprint density at radius 2 is 2.11 bits per heavy atom. The molecule has 1 amide bonds. The van der Waals surface area contributed by atoms with Gasteiger partial charge in [0.2, 0.25) is 0 Å². The third kappa shape index (κ3) is 2.57. The van der Waals surface area contributed by atoms with Crippen molar-refractivity contribution in [3.8, 4) is 11.4 Å². The molecule has 1 heterocycles. The number of ether oxygens (including phenoxy) is 1. The van der Waals surface area contributed by atoms with Crippen LogP contribution < -0.4 is 10.1 Å². The van der Waals surface area contributed by atoms with Gasteiger partial charge in [0.15, 0.2) is 5.69 Å². The lowest BCUT2D eigenvalue weighted by molar-refractivity contribution is 0.0821. The van der Waals surface area contributed by atoms with Gasteiger partial charge >= 0.3 is 0 Å². The van der Waals surface area contributed by atoms with Crippen molar-refractivity contribution in [1.82, 2.24) is 20.3 Å². The molecule has 0 saturated heterocycles. The minimum Gasteiger partial charge on any atom is -0.497 e. The second-order valence-corrected chi connectivity index (χ2v) is 8.77. The van der Waals surface area contributed by atoms with Gasteiger partial charge in [0.25, 0.3) is 5.91 Å². The number of carbonyl (C=O) groups is 1. The van der Waals surface area contributed by atoms with Gasteiger partial charge in [-0.15, -0.1) is 5.10 Å². The van der Waals surface area contributed by atoms with E-state index in [4.69, 9.17) is 4.74 Å². The van der Waals surface area contributed by atoms with Gasteiger partial charge in [-0.25, -0.2) is 4.68 Å². The van der Waals surface area contributed by atoms with Gasteiger partial charge in [-0.2, -0.15) is 0 Å². The molecule has 2 aliphatic carbocycles. The first kappa shape index (κ1) is 18.0. The van der Waals surface area contributed by atoms with Gasteiger partial charge < -0.3 is 10.1 Å². The number of aromatic nitrogens is 3. The van der Waals surface area contributed by atoms with Crippen LogP contribution in [0.25, 0.3) is 5.69 Å². The summed E-state index contributed by atoms with van der Waals surface area (Å²) >= 11 is 0. The molecule has 3 atom stereocenters. The van der Waals surface area contributed by atoms with Crippen LogP contribution in [-0.2, 0) is 0 Å². The van der Waals surface area contributed by atoms with Crippen molar-refractivity contribution in [2.24, 2.45) is 16.7 Å². The van der Waals surface area contributed by atoms with Crippen LogP contribution in [0.15, 0.2) is 24.3 Å². The average Bonchev–Trinajstić information content (AvgIpc) is 3.20. The fourth-order valence-corrected chi connectivity index (χ4v) is 5.18. The smallest absolute Gasteiger partial charge is 0.274 e. The van der Waals surface area contributed by atoms with Gasteiger partial charge in [0, 0.05) is 12.1 Å². The predicted octanol–water partition coefficient (Wildman–Crippen LogP) is 3.53. The first-order chi connectivity index (χ1) is 12.8. The Balaban J connectivity index is 1.57. The molecule has 0 spiro atoms. The van der Waals surface area contributed by atoms with Crippen LogP contribution in [0.2, 0.25) is 0 Å². The third-order valence-electron chi connectivity index (χ3n) is 7.51. The van der Waals surface area contributed by atoms with Crippen LogP contribution in [0.5, 0.6) is 5.75 Å². The van der Waals surface area contributed by atoms with E-state index in [0.717, 1.165) is 23.6 Å². The van der Waals surface area contributed by atoms with E-state index in [1.165, 1.54) is 12.8 Å². The zero-order chi connectivity index (χ0) is 19.4. The molecule has 0 radical (unpaired) electrons. The molecule has 6 nitrogen and oxygen atoms in total. The van der Waals surface area contributed by atoms with Crippen molar-refractivity contribution in [2.45, 2.75) is 53.0 Å². The first-order valence-electron chi connectivity index (χ1n) is 9.65. The monoisotopic (exact) mass is 368 g/mol. The lowest BCUT2D eigenvalue weighted by Gasteiger charge is -2.39. The third-order valence-corrected chi connectivity index (χ3v) is 7.51. The molecule has 1 N–H and O–H groups in total. The van der Waals surface area contributed by atoms with E-state index < -0.39 is 0 Å². The standard InChI is InChI=1S/C21H28N4O2/c1-13-18(23-24-25(13)15-7-6-8-16(12-15)27-5)19(26)22-17-11-14-9-10-21(17,4)20(14,2)3/h6-8,12,14,17H,9-11H2,1-5H3,(H,22,26)/t14-,17+,21-/m1/s1. The average molecular weight is 368 g/mol. The SMILES string of the molecule is COc1cccc(-n2nnc(C(=O)N[C@H]3C[C@H]4CC[C@@]3(C)C4(C)C)c2C)c1. The van der Waals surface area contributed by atoms with Crippen molar-refractivity contribution < 1.29 is 9.53 Å². The number of methoxy groups -OCH3 is 1. The van der Waals surface area contributed by atoms with Crippen LogP contribution >= 0.6 is 0 Å². The fourth-order valence-electron chi connectivity index (χ4n) is 5.18. The number of benzene rings is 1. The molecule has 2 aliphatic rings. The number of fused-ring (bicyclic) bond motifs is 2. The van der Waals surface area contributed by atoms with E-state index in [9.17, 15) is 4.79 Å². The molecule has 2 fully saturated rings. The number of nitrogens with zero attached hydrogens (tertiary/aromatic N) is 3. The summed E-state index contributed by atoms with van der Waals surface area (Å²) in [5, 5.41) is 11.6. The fraction of sp³-hybridized carbons (Fsp3) is 0.571. The van der Waals surface area contributed by atoms with Crippen LogP contribution in [0.4, 0.5) is 0 Å². The van der Waals surface area contributed by atoms with Crippen molar-refractivity contribution in [3.05, 3.63) is 35.7 Å². The van der Waals surface area contributed by atoms with Gasteiger partial charge in [-0.05, 0) is 55.1 Å². The van der Waals surface area contributed by atoms with Crippen molar-refractivity contribution in [1.29, 1.82) is 0 Å². The molecule has 0 unspecified atom stereocenters. The first-order valence-corrected chi connectivity index (χ1v) is 9.65. The van der Waals surface area contributed by atoms with E-state index in [1.54, 1.807) is 11.8 Å². The second kappa shape index (κ2) is 6.08. The topological polar surface area (TPSA) is 69.0 Å². The number of hydrogen-bond donors (Lipinski definition) is 1. The summed E-state index contributed by atoms with van der Waals surface area (Å²) in [4.78, 5) is 13.0. The Hall–Kier alpha value is -2.37. The van der Waals surface area contributed by atoms with E-state index in [2.05, 4.69) is 36.4 Å². The molecule has 144 valence electrons. The summed E-state index contributed by atoms with van der Waals surface area (Å²) in [7, 11) is 1.63. The van der Waals surface area contributed by atoms with E-state index in [-0.39, 0.29) is 22.8 Å². The maximum Gasteiger partial charge on any atom is 0.274 e.